The van der Waals surface area contributed by atoms with E-state index in [4.69, 9.17) is 5.11 Å². The Morgan fingerprint density at radius 3 is 2.43 bits per heavy atom. The molecule has 0 bridgehead atoms. The molecule has 7 heteroatoms. The monoisotopic (exact) mass is 233 g/mol. The number of piperidine rings is 1. The van der Waals surface area contributed by atoms with Crippen molar-refractivity contribution in [1.29, 1.82) is 0 Å². The number of rotatable bonds is 1. The zero-order valence-electron chi connectivity index (χ0n) is 7.17. The lowest BCUT2D eigenvalue weighted by atomic mass is 9.92. The van der Waals surface area contributed by atoms with E-state index < -0.39 is 24.1 Å². The second-order valence-electron chi connectivity index (χ2n) is 3.11. The van der Waals surface area contributed by atoms with Crippen LogP contribution in [0.25, 0.3) is 0 Å². The quantitative estimate of drug-likeness (QED) is 0.720. The third kappa shape index (κ3) is 3.34. The highest BCUT2D eigenvalue weighted by molar-refractivity contribution is 5.85. The van der Waals surface area contributed by atoms with Crippen LogP contribution in [-0.4, -0.2) is 29.8 Å². The molecule has 0 saturated carbocycles. The number of aliphatic carboxylic acids is 1. The SMILES string of the molecule is Cl.O=C(O)[C@H]1C[C@H](C(F)(F)F)CCN1. The van der Waals surface area contributed by atoms with Gasteiger partial charge in [-0.05, 0) is 19.4 Å². The largest absolute Gasteiger partial charge is 0.480 e. The Morgan fingerprint density at radius 1 is 1.43 bits per heavy atom. The lowest BCUT2D eigenvalue weighted by molar-refractivity contribution is -0.184. The molecule has 2 N–H and O–H groups in total. The fourth-order valence-electron chi connectivity index (χ4n) is 1.40. The molecule has 1 aliphatic heterocycles. The fourth-order valence-corrected chi connectivity index (χ4v) is 1.40. The van der Waals surface area contributed by atoms with Crippen molar-refractivity contribution < 1.29 is 23.1 Å². The summed E-state index contributed by atoms with van der Waals surface area (Å²) in [6, 6.07) is -1.06. The van der Waals surface area contributed by atoms with Gasteiger partial charge >= 0.3 is 12.1 Å². The summed E-state index contributed by atoms with van der Waals surface area (Å²) in [7, 11) is 0. The minimum Gasteiger partial charge on any atom is -0.480 e. The second kappa shape index (κ2) is 4.84. The van der Waals surface area contributed by atoms with Crippen molar-refractivity contribution in [1.82, 2.24) is 5.32 Å². The van der Waals surface area contributed by atoms with E-state index in [-0.39, 0.29) is 31.8 Å². The average Bonchev–Trinajstić information content (AvgIpc) is 2.03. The molecule has 0 amide bonds. The van der Waals surface area contributed by atoms with Gasteiger partial charge in [-0.25, -0.2) is 0 Å². The lowest BCUT2D eigenvalue weighted by Gasteiger charge is -2.29. The number of hydrogen-bond donors (Lipinski definition) is 2. The molecule has 1 fully saturated rings. The number of halogens is 4. The molecule has 1 heterocycles. The lowest BCUT2D eigenvalue weighted by Crippen LogP contribution is -2.46. The smallest absolute Gasteiger partial charge is 0.391 e. The van der Waals surface area contributed by atoms with E-state index in [0.717, 1.165) is 0 Å². The number of carboxylic acids is 1. The van der Waals surface area contributed by atoms with Crippen molar-refractivity contribution in [3.8, 4) is 0 Å². The van der Waals surface area contributed by atoms with E-state index in [9.17, 15) is 18.0 Å². The van der Waals surface area contributed by atoms with Crippen LogP contribution in [0.3, 0.4) is 0 Å². The van der Waals surface area contributed by atoms with Gasteiger partial charge in [0.15, 0.2) is 0 Å². The first-order valence-corrected chi connectivity index (χ1v) is 3.94. The van der Waals surface area contributed by atoms with Gasteiger partial charge in [-0.3, -0.25) is 4.79 Å². The number of alkyl halides is 3. The molecular weight excluding hydrogens is 223 g/mol. The fraction of sp³-hybridized carbons (Fsp3) is 0.857. The molecule has 3 nitrogen and oxygen atoms in total. The van der Waals surface area contributed by atoms with Crippen LogP contribution in [0.2, 0.25) is 0 Å². The van der Waals surface area contributed by atoms with Crippen molar-refractivity contribution in [2.75, 3.05) is 6.54 Å². The Bertz CT molecular complexity index is 210. The van der Waals surface area contributed by atoms with E-state index in [2.05, 4.69) is 5.32 Å². The predicted octanol–water partition coefficient (Wildman–Crippen LogP) is 1.42. The molecule has 0 aliphatic carbocycles. The summed E-state index contributed by atoms with van der Waals surface area (Å²) in [5.74, 6) is -2.69. The van der Waals surface area contributed by atoms with Crippen LogP contribution in [0.1, 0.15) is 12.8 Å². The van der Waals surface area contributed by atoms with Crippen molar-refractivity contribution in [3.05, 3.63) is 0 Å². The standard InChI is InChI=1S/C7H10F3NO2.ClH/c8-7(9,10)4-1-2-11-5(3-4)6(12)13;/h4-5,11H,1-3H2,(H,12,13);1H/t4-,5-;/m1./s1. The van der Waals surface area contributed by atoms with Gasteiger partial charge in [0, 0.05) is 0 Å². The summed E-state index contributed by atoms with van der Waals surface area (Å²) < 4.78 is 36.5. The van der Waals surface area contributed by atoms with E-state index in [1.807, 2.05) is 0 Å². The van der Waals surface area contributed by atoms with Crippen LogP contribution in [-0.2, 0) is 4.79 Å². The maximum Gasteiger partial charge on any atom is 0.391 e. The van der Waals surface area contributed by atoms with E-state index in [1.165, 1.54) is 0 Å². The van der Waals surface area contributed by atoms with Crippen LogP contribution >= 0.6 is 12.4 Å². The van der Waals surface area contributed by atoms with E-state index in [1.54, 1.807) is 0 Å². The predicted molar refractivity (Wildman–Crippen MR) is 45.5 cm³/mol. The Balaban J connectivity index is 0.00000169. The molecule has 2 atom stereocenters. The first-order valence-electron chi connectivity index (χ1n) is 3.94. The Kier molecular flexibility index (Phi) is 4.67. The maximum absolute atomic E-state index is 12.2. The summed E-state index contributed by atoms with van der Waals surface area (Å²) >= 11 is 0. The molecule has 1 aliphatic rings. The van der Waals surface area contributed by atoms with Gasteiger partial charge in [0.25, 0.3) is 0 Å². The average molecular weight is 234 g/mol. The Morgan fingerprint density at radius 2 is 2.00 bits per heavy atom. The zero-order chi connectivity index (χ0) is 10.1. The third-order valence-corrected chi connectivity index (χ3v) is 2.16. The van der Waals surface area contributed by atoms with Crippen LogP contribution in [0.4, 0.5) is 13.2 Å². The molecule has 14 heavy (non-hydrogen) atoms. The van der Waals surface area contributed by atoms with Crippen LogP contribution in [0.5, 0.6) is 0 Å². The summed E-state index contributed by atoms with van der Waals surface area (Å²) in [4.78, 5) is 10.4. The van der Waals surface area contributed by atoms with Gasteiger partial charge in [0.2, 0.25) is 0 Å². The van der Waals surface area contributed by atoms with Crippen LogP contribution < -0.4 is 5.32 Å². The minimum absolute atomic E-state index is 0. The number of nitrogens with one attached hydrogen (secondary N) is 1. The van der Waals surface area contributed by atoms with E-state index >= 15 is 0 Å². The first kappa shape index (κ1) is 13.5. The van der Waals surface area contributed by atoms with Crippen molar-refractivity contribution in [2.24, 2.45) is 5.92 Å². The van der Waals surface area contributed by atoms with Gasteiger partial charge in [0.05, 0.1) is 5.92 Å². The van der Waals surface area contributed by atoms with Crippen molar-refractivity contribution >= 4 is 18.4 Å². The molecule has 0 unspecified atom stereocenters. The molecule has 0 radical (unpaired) electrons. The number of carbonyl (C=O) groups is 1. The molecule has 0 aromatic heterocycles. The maximum atomic E-state index is 12.2. The molecule has 1 rings (SSSR count). The zero-order valence-corrected chi connectivity index (χ0v) is 7.99. The number of carboxylic acid groups (broad SMARTS) is 1. The molecular formula is C7H11ClF3NO2. The Hall–Kier alpha value is -0.490. The minimum atomic E-state index is -4.27. The first-order chi connectivity index (χ1) is 5.91. The molecule has 0 aromatic rings. The Labute approximate surface area is 85.1 Å². The normalized spacial score (nSPS) is 27.9. The van der Waals surface area contributed by atoms with Crippen molar-refractivity contribution in [3.63, 3.8) is 0 Å². The third-order valence-electron chi connectivity index (χ3n) is 2.16. The second-order valence-corrected chi connectivity index (χ2v) is 3.11. The summed E-state index contributed by atoms with van der Waals surface area (Å²) in [6.45, 7) is 0.112. The molecule has 0 aromatic carbocycles. The van der Waals surface area contributed by atoms with Gasteiger partial charge in [0.1, 0.15) is 6.04 Å². The van der Waals surface area contributed by atoms with Crippen LogP contribution in [0, 0.1) is 5.92 Å². The summed E-state index contributed by atoms with van der Waals surface area (Å²) in [5, 5.41) is 11.0. The topological polar surface area (TPSA) is 49.3 Å². The molecule has 1 saturated heterocycles. The molecule has 84 valence electrons. The van der Waals surface area contributed by atoms with Gasteiger partial charge in [-0.1, -0.05) is 0 Å². The summed E-state index contributed by atoms with van der Waals surface area (Å²) in [5.41, 5.74) is 0. The van der Waals surface area contributed by atoms with Crippen LogP contribution in [0.15, 0.2) is 0 Å². The highest BCUT2D eigenvalue weighted by Gasteiger charge is 2.43. The molecule has 0 spiro atoms. The van der Waals surface area contributed by atoms with Gasteiger partial charge in [-0.2, -0.15) is 13.2 Å². The highest BCUT2D eigenvalue weighted by atomic mass is 35.5. The summed E-state index contributed by atoms with van der Waals surface area (Å²) in [6.07, 6.45) is -4.66. The van der Waals surface area contributed by atoms with E-state index in [0.29, 0.717) is 0 Å². The highest BCUT2D eigenvalue weighted by Crippen LogP contribution is 2.33. The van der Waals surface area contributed by atoms with Gasteiger partial charge in [-0.15, -0.1) is 12.4 Å². The number of hydrogen-bond acceptors (Lipinski definition) is 2. The van der Waals surface area contributed by atoms with Gasteiger partial charge < -0.3 is 10.4 Å². The van der Waals surface area contributed by atoms with Crippen molar-refractivity contribution in [2.45, 2.75) is 25.1 Å².